The molecule has 3 heterocycles. The van der Waals surface area contributed by atoms with Crippen LogP contribution in [0.4, 0.5) is 35.2 Å². The van der Waals surface area contributed by atoms with Crippen LogP contribution < -0.4 is 21.7 Å². The molecule has 2 aromatic heterocycles. The van der Waals surface area contributed by atoms with Gasteiger partial charge in [-0.1, -0.05) is 36.4 Å². The van der Waals surface area contributed by atoms with Gasteiger partial charge in [0.05, 0.1) is 23.1 Å². The van der Waals surface area contributed by atoms with Crippen molar-refractivity contribution in [1.82, 2.24) is 24.6 Å². The Labute approximate surface area is 245 Å². The standard InChI is InChI=1S/C31H31F3N8O/c1-18-16-41(13-12-36-18)17-22-15-37-29(35)28-27(38-19(2)42(22)28)25-10-11-26(24-9-4-3-8-23(24)25)40-30(43)39-21-7-5-6-20(14-21)31(32,33)34/h3-11,14-15,18,36H,12-13,16-17H2,1-2H3,(H2,35,37)(H2,39,40,43)/t18-/m0/s1. The van der Waals surface area contributed by atoms with E-state index in [0.29, 0.717) is 35.3 Å². The van der Waals surface area contributed by atoms with Gasteiger partial charge >= 0.3 is 12.2 Å². The first kappa shape index (κ1) is 28.4. The molecule has 0 saturated carbocycles. The summed E-state index contributed by atoms with van der Waals surface area (Å²) in [5, 5.41) is 10.3. The van der Waals surface area contributed by atoms with E-state index in [-0.39, 0.29) is 5.69 Å². The first-order valence-corrected chi connectivity index (χ1v) is 13.9. The first-order chi connectivity index (χ1) is 20.6. The number of amides is 2. The normalized spacial score (nSPS) is 16.1. The number of nitrogens with one attached hydrogen (secondary N) is 3. The van der Waals surface area contributed by atoms with E-state index in [2.05, 4.69) is 37.2 Å². The number of halogens is 3. The second-order valence-corrected chi connectivity index (χ2v) is 10.8. The maximum Gasteiger partial charge on any atom is 0.416 e. The number of nitrogens with two attached hydrogens (primary N) is 1. The maximum atomic E-state index is 13.1. The number of nitrogen functional groups attached to an aromatic ring is 1. The molecule has 0 aliphatic carbocycles. The third-order valence-corrected chi connectivity index (χ3v) is 7.64. The number of benzene rings is 3. The lowest BCUT2D eigenvalue weighted by Crippen LogP contribution is -2.48. The summed E-state index contributed by atoms with van der Waals surface area (Å²) in [7, 11) is 0. The predicted octanol–water partition coefficient (Wildman–Crippen LogP) is 5.90. The highest BCUT2D eigenvalue weighted by molar-refractivity contribution is 6.10. The van der Waals surface area contributed by atoms with Crippen molar-refractivity contribution in [2.45, 2.75) is 32.6 Å². The van der Waals surface area contributed by atoms with Gasteiger partial charge in [0.2, 0.25) is 0 Å². The van der Waals surface area contributed by atoms with E-state index in [4.69, 9.17) is 10.7 Å². The Bertz CT molecular complexity index is 1830. The van der Waals surface area contributed by atoms with Crippen LogP contribution in [0.1, 0.15) is 24.0 Å². The van der Waals surface area contributed by atoms with Gasteiger partial charge in [-0.2, -0.15) is 13.2 Å². The van der Waals surface area contributed by atoms with Gasteiger partial charge in [0.15, 0.2) is 0 Å². The van der Waals surface area contributed by atoms with Crippen LogP contribution in [0, 0.1) is 6.92 Å². The number of hydrogen-bond acceptors (Lipinski definition) is 6. The highest BCUT2D eigenvalue weighted by Gasteiger charge is 2.30. The van der Waals surface area contributed by atoms with Crippen LogP contribution in [0.2, 0.25) is 0 Å². The molecule has 2 amide bonds. The summed E-state index contributed by atoms with van der Waals surface area (Å²) in [6.45, 7) is 7.59. The number of rotatable bonds is 5. The number of hydrogen-bond donors (Lipinski definition) is 4. The molecule has 0 radical (unpaired) electrons. The molecule has 12 heteroatoms. The molecule has 5 N–H and O–H groups in total. The number of imidazole rings is 1. The monoisotopic (exact) mass is 588 g/mol. The zero-order valence-electron chi connectivity index (χ0n) is 23.7. The SMILES string of the molecule is Cc1nc(-c2ccc(NC(=O)Nc3cccc(C(F)(F)F)c3)c3ccccc23)c2c(N)ncc(CN3CCN[C@@H](C)C3)n12. The summed E-state index contributed by atoms with van der Waals surface area (Å²) >= 11 is 0. The number of nitrogens with zero attached hydrogens (tertiary/aromatic N) is 4. The quantitative estimate of drug-likeness (QED) is 0.204. The molecular weight excluding hydrogens is 557 g/mol. The second kappa shape index (κ2) is 11.2. The molecule has 1 atom stereocenters. The van der Waals surface area contributed by atoms with Gasteiger partial charge in [0.25, 0.3) is 0 Å². The Morgan fingerprint density at radius 3 is 2.65 bits per heavy atom. The highest BCUT2D eigenvalue weighted by atomic mass is 19.4. The van der Waals surface area contributed by atoms with Crippen molar-refractivity contribution in [3.05, 3.63) is 83.9 Å². The summed E-state index contributed by atoms with van der Waals surface area (Å²) in [6.07, 6.45) is -2.71. The largest absolute Gasteiger partial charge is 0.416 e. The van der Waals surface area contributed by atoms with Crippen molar-refractivity contribution in [2.24, 2.45) is 0 Å². The molecule has 1 aliphatic rings. The Morgan fingerprint density at radius 2 is 1.88 bits per heavy atom. The van der Waals surface area contributed by atoms with Gasteiger partial charge in [-0.25, -0.2) is 14.8 Å². The van der Waals surface area contributed by atoms with E-state index in [1.807, 2.05) is 43.5 Å². The summed E-state index contributed by atoms with van der Waals surface area (Å²) < 4.78 is 41.4. The fourth-order valence-corrected chi connectivity index (χ4v) is 5.74. The van der Waals surface area contributed by atoms with Crippen LogP contribution in [-0.2, 0) is 12.7 Å². The molecule has 1 aliphatic heterocycles. The van der Waals surface area contributed by atoms with Crippen LogP contribution in [-0.4, -0.2) is 51.0 Å². The summed E-state index contributed by atoms with van der Waals surface area (Å²) in [6, 6.07) is 15.4. The number of piperazine rings is 1. The first-order valence-electron chi connectivity index (χ1n) is 13.9. The minimum atomic E-state index is -4.51. The lowest BCUT2D eigenvalue weighted by atomic mass is 10.00. The molecular formula is C31H31F3N8O. The van der Waals surface area contributed by atoms with Crippen LogP contribution in [0.3, 0.4) is 0 Å². The minimum absolute atomic E-state index is 0.0299. The molecule has 5 aromatic rings. The average Bonchev–Trinajstić information content (AvgIpc) is 3.32. The smallest absolute Gasteiger partial charge is 0.382 e. The molecule has 9 nitrogen and oxygen atoms in total. The lowest BCUT2D eigenvalue weighted by molar-refractivity contribution is -0.137. The highest BCUT2D eigenvalue weighted by Crippen LogP contribution is 2.37. The molecule has 6 rings (SSSR count). The van der Waals surface area contributed by atoms with Crippen molar-refractivity contribution in [2.75, 3.05) is 36.0 Å². The number of alkyl halides is 3. The molecule has 1 saturated heterocycles. The van der Waals surface area contributed by atoms with Crippen LogP contribution >= 0.6 is 0 Å². The van der Waals surface area contributed by atoms with Crippen molar-refractivity contribution in [3.8, 4) is 11.3 Å². The number of fused-ring (bicyclic) bond motifs is 2. The van der Waals surface area contributed by atoms with E-state index in [0.717, 1.165) is 59.6 Å². The zero-order chi connectivity index (χ0) is 30.3. The predicted molar refractivity (Wildman–Crippen MR) is 162 cm³/mol. The summed E-state index contributed by atoms with van der Waals surface area (Å²) in [4.78, 5) is 24.7. The van der Waals surface area contributed by atoms with Gasteiger partial charge < -0.3 is 21.7 Å². The average molecular weight is 589 g/mol. The van der Waals surface area contributed by atoms with Gasteiger partial charge in [0.1, 0.15) is 22.9 Å². The minimum Gasteiger partial charge on any atom is -0.382 e. The van der Waals surface area contributed by atoms with E-state index < -0.39 is 17.8 Å². The fourth-order valence-electron chi connectivity index (χ4n) is 5.74. The number of urea groups is 1. The molecule has 222 valence electrons. The Kier molecular flexibility index (Phi) is 7.40. The third-order valence-electron chi connectivity index (χ3n) is 7.64. The number of carbonyl (C=O) groups excluding carboxylic acids is 1. The number of aryl methyl sites for hydroxylation is 1. The lowest BCUT2D eigenvalue weighted by Gasteiger charge is -2.31. The van der Waals surface area contributed by atoms with E-state index in [1.165, 1.54) is 12.1 Å². The van der Waals surface area contributed by atoms with Crippen molar-refractivity contribution < 1.29 is 18.0 Å². The Balaban J connectivity index is 1.34. The maximum absolute atomic E-state index is 13.1. The number of carbonyl (C=O) groups is 1. The van der Waals surface area contributed by atoms with Gasteiger partial charge in [-0.3, -0.25) is 9.30 Å². The third kappa shape index (κ3) is 5.71. The van der Waals surface area contributed by atoms with E-state index >= 15 is 0 Å². The summed E-state index contributed by atoms with van der Waals surface area (Å²) in [5.74, 6) is 1.14. The summed E-state index contributed by atoms with van der Waals surface area (Å²) in [5.41, 5.74) is 9.32. The van der Waals surface area contributed by atoms with Gasteiger partial charge in [-0.15, -0.1) is 0 Å². The Morgan fingerprint density at radius 1 is 1.09 bits per heavy atom. The van der Waals surface area contributed by atoms with Crippen molar-refractivity contribution >= 4 is 39.5 Å². The topological polar surface area (TPSA) is 113 Å². The van der Waals surface area contributed by atoms with Crippen molar-refractivity contribution in [3.63, 3.8) is 0 Å². The second-order valence-electron chi connectivity index (χ2n) is 10.8. The van der Waals surface area contributed by atoms with Crippen LogP contribution in [0.25, 0.3) is 27.5 Å². The number of anilines is 3. The van der Waals surface area contributed by atoms with Crippen LogP contribution in [0.15, 0.2) is 66.9 Å². The number of aromatic nitrogens is 3. The van der Waals surface area contributed by atoms with Crippen LogP contribution in [0.5, 0.6) is 0 Å². The Hall–Kier alpha value is -4.68. The molecule has 0 spiro atoms. The molecule has 0 bridgehead atoms. The zero-order valence-corrected chi connectivity index (χ0v) is 23.7. The van der Waals surface area contributed by atoms with Gasteiger partial charge in [-0.05, 0) is 43.5 Å². The van der Waals surface area contributed by atoms with E-state index in [1.54, 1.807) is 6.07 Å². The molecule has 1 fully saturated rings. The van der Waals surface area contributed by atoms with Crippen molar-refractivity contribution in [1.29, 1.82) is 0 Å². The molecule has 43 heavy (non-hydrogen) atoms. The fraction of sp³-hybridized carbons (Fsp3) is 0.258. The van der Waals surface area contributed by atoms with Gasteiger partial charge in [0, 0.05) is 48.9 Å². The van der Waals surface area contributed by atoms with E-state index in [9.17, 15) is 18.0 Å². The molecule has 0 unspecified atom stereocenters. The molecule has 3 aromatic carbocycles.